The van der Waals surface area contributed by atoms with Crippen LogP contribution in [0.2, 0.25) is 0 Å². The summed E-state index contributed by atoms with van der Waals surface area (Å²) < 4.78 is 1.09. The van der Waals surface area contributed by atoms with E-state index in [-0.39, 0.29) is 0 Å². The van der Waals surface area contributed by atoms with Crippen LogP contribution in [0.1, 0.15) is 16.7 Å². The molecule has 0 aliphatic carbocycles. The minimum absolute atomic E-state index is 0.433. The number of hydrogen-bond acceptors (Lipinski definition) is 2. The van der Waals surface area contributed by atoms with Crippen molar-refractivity contribution >= 4 is 38.8 Å². The summed E-state index contributed by atoms with van der Waals surface area (Å²) in [6.45, 7) is 2.88. The van der Waals surface area contributed by atoms with E-state index >= 15 is 0 Å². The van der Waals surface area contributed by atoms with Gasteiger partial charge in [0.1, 0.15) is 4.99 Å². The van der Waals surface area contributed by atoms with E-state index < -0.39 is 0 Å². The molecule has 0 bridgehead atoms. The van der Waals surface area contributed by atoms with Crippen LogP contribution in [0.4, 0.5) is 5.69 Å². The van der Waals surface area contributed by atoms with Crippen LogP contribution in [0.15, 0.2) is 46.9 Å². The molecule has 0 unspecified atom stereocenters. The molecular weight excluding hydrogens is 332 g/mol. The molecule has 0 saturated heterocycles. The molecule has 0 radical (unpaired) electrons. The molecular formula is C16H17BrN2S. The monoisotopic (exact) mass is 348 g/mol. The zero-order valence-corrected chi connectivity index (χ0v) is 14.0. The lowest BCUT2D eigenvalue weighted by Crippen LogP contribution is -2.21. The van der Waals surface area contributed by atoms with Crippen LogP contribution in [-0.4, -0.2) is 12.0 Å². The molecule has 0 aliphatic heterocycles. The third-order valence-corrected chi connectivity index (χ3v) is 3.91. The van der Waals surface area contributed by atoms with E-state index in [9.17, 15) is 0 Å². The molecule has 0 spiro atoms. The fourth-order valence-electron chi connectivity index (χ4n) is 2.11. The molecule has 2 aromatic carbocycles. The molecule has 0 aromatic heterocycles. The first-order valence-electron chi connectivity index (χ1n) is 6.33. The van der Waals surface area contributed by atoms with E-state index in [0.29, 0.717) is 4.99 Å². The summed E-state index contributed by atoms with van der Waals surface area (Å²) in [4.78, 5) is 2.60. The Morgan fingerprint density at radius 3 is 2.45 bits per heavy atom. The van der Waals surface area contributed by atoms with Gasteiger partial charge in [0, 0.05) is 29.3 Å². The molecule has 0 fully saturated rings. The molecule has 20 heavy (non-hydrogen) atoms. The van der Waals surface area contributed by atoms with Crippen LogP contribution in [0.5, 0.6) is 0 Å². The number of halogens is 1. The van der Waals surface area contributed by atoms with Crippen molar-refractivity contribution in [1.82, 2.24) is 0 Å². The fourth-order valence-corrected chi connectivity index (χ4v) is 2.55. The Labute approximate surface area is 133 Å². The van der Waals surface area contributed by atoms with Gasteiger partial charge in [-0.15, -0.1) is 0 Å². The van der Waals surface area contributed by atoms with Gasteiger partial charge in [0.2, 0.25) is 0 Å². The van der Waals surface area contributed by atoms with Crippen molar-refractivity contribution in [2.45, 2.75) is 13.5 Å². The summed E-state index contributed by atoms with van der Waals surface area (Å²) in [6, 6.07) is 14.5. The lowest BCUT2D eigenvalue weighted by molar-refractivity contribution is 0.920. The number of rotatable bonds is 4. The van der Waals surface area contributed by atoms with Gasteiger partial charge in [0.25, 0.3) is 0 Å². The highest BCUT2D eigenvalue weighted by atomic mass is 79.9. The van der Waals surface area contributed by atoms with Gasteiger partial charge in [-0.3, -0.25) is 0 Å². The quantitative estimate of drug-likeness (QED) is 0.845. The summed E-state index contributed by atoms with van der Waals surface area (Å²) in [5.41, 5.74) is 10.2. The molecule has 0 saturated carbocycles. The number of nitrogens with two attached hydrogens (primary N) is 1. The van der Waals surface area contributed by atoms with Crippen molar-refractivity contribution in [3.8, 4) is 0 Å². The predicted molar refractivity (Wildman–Crippen MR) is 93.3 cm³/mol. The van der Waals surface area contributed by atoms with Gasteiger partial charge in [-0.1, -0.05) is 46.3 Å². The number of nitrogens with zero attached hydrogens (tertiary/aromatic N) is 1. The summed E-state index contributed by atoms with van der Waals surface area (Å²) in [5.74, 6) is 0. The second kappa shape index (κ2) is 6.37. The highest BCUT2D eigenvalue weighted by Crippen LogP contribution is 2.23. The van der Waals surface area contributed by atoms with Gasteiger partial charge >= 0.3 is 0 Å². The second-order valence-corrected chi connectivity index (χ2v) is 6.22. The van der Waals surface area contributed by atoms with Crippen molar-refractivity contribution in [1.29, 1.82) is 0 Å². The molecule has 104 valence electrons. The van der Waals surface area contributed by atoms with Gasteiger partial charge in [0.15, 0.2) is 0 Å². The molecule has 2 nitrogen and oxygen atoms in total. The number of anilines is 1. The maximum absolute atomic E-state index is 5.81. The third kappa shape index (κ3) is 3.58. The van der Waals surface area contributed by atoms with E-state index in [1.165, 1.54) is 11.1 Å². The van der Waals surface area contributed by atoms with E-state index in [0.717, 1.165) is 22.3 Å². The van der Waals surface area contributed by atoms with Crippen molar-refractivity contribution in [3.05, 3.63) is 63.6 Å². The van der Waals surface area contributed by atoms with Gasteiger partial charge in [0.05, 0.1) is 0 Å². The van der Waals surface area contributed by atoms with E-state index in [1.54, 1.807) is 0 Å². The van der Waals surface area contributed by atoms with E-state index in [2.05, 4.69) is 53.0 Å². The van der Waals surface area contributed by atoms with Gasteiger partial charge in [-0.25, -0.2) is 0 Å². The number of benzene rings is 2. The summed E-state index contributed by atoms with van der Waals surface area (Å²) >= 11 is 8.59. The number of thiocarbonyl (C=S) groups is 1. The highest BCUT2D eigenvalue weighted by Gasteiger charge is 2.10. The molecule has 0 atom stereocenters. The minimum Gasteiger partial charge on any atom is -0.389 e. The van der Waals surface area contributed by atoms with Crippen LogP contribution in [-0.2, 0) is 6.54 Å². The maximum Gasteiger partial charge on any atom is 0.106 e. The lowest BCUT2D eigenvalue weighted by atomic mass is 10.1. The normalized spacial score (nSPS) is 10.3. The minimum atomic E-state index is 0.433. The Morgan fingerprint density at radius 2 is 1.85 bits per heavy atom. The van der Waals surface area contributed by atoms with Gasteiger partial charge in [-0.2, -0.15) is 0 Å². The van der Waals surface area contributed by atoms with Crippen molar-refractivity contribution < 1.29 is 0 Å². The summed E-state index contributed by atoms with van der Waals surface area (Å²) in [6.07, 6.45) is 0. The Bertz CT molecular complexity index is 623. The topological polar surface area (TPSA) is 29.3 Å². The zero-order valence-electron chi connectivity index (χ0n) is 11.6. The summed E-state index contributed by atoms with van der Waals surface area (Å²) in [7, 11) is 2.05. The lowest BCUT2D eigenvalue weighted by Gasteiger charge is -2.23. The Balaban J connectivity index is 2.28. The first-order valence-corrected chi connectivity index (χ1v) is 7.53. The SMILES string of the molecule is Cc1ccc(C(N)=S)c(N(C)Cc2ccc(Br)cc2)c1. The standard InChI is InChI=1S/C16H17BrN2S/c1-11-3-8-14(16(18)20)15(9-11)19(2)10-12-4-6-13(17)7-5-12/h3-9H,10H2,1-2H3,(H2,18,20). The number of aryl methyl sites for hydroxylation is 1. The largest absolute Gasteiger partial charge is 0.389 e. The maximum atomic E-state index is 5.81. The van der Waals surface area contributed by atoms with Crippen molar-refractivity contribution in [2.75, 3.05) is 11.9 Å². The average molecular weight is 349 g/mol. The third-order valence-electron chi connectivity index (χ3n) is 3.16. The second-order valence-electron chi connectivity index (χ2n) is 4.87. The van der Waals surface area contributed by atoms with Gasteiger partial charge < -0.3 is 10.6 Å². The summed E-state index contributed by atoms with van der Waals surface area (Å²) in [5, 5.41) is 0. The zero-order chi connectivity index (χ0) is 14.7. The van der Waals surface area contributed by atoms with Crippen LogP contribution < -0.4 is 10.6 Å². The molecule has 2 rings (SSSR count). The molecule has 2 N–H and O–H groups in total. The van der Waals surface area contributed by atoms with Crippen LogP contribution in [0.25, 0.3) is 0 Å². The smallest absolute Gasteiger partial charge is 0.106 e. The molecule has 0 amide bonds. The Kier molecular flexibility index (Phi) is 4.78. The van der Waals surface area contributed by atoms with Gasteiger partial charge in [-0.05, 0) is 42.3 Å². The Hall–Kier alpha value is -1.39. The van der Waals surface area contributed by atoms with E-state index in [1.807, 2.05) is 24.3 Å². The molecule has 4 heteroatoms. The average Bonchev–Trinajstić information content (AvgIpc) is 2.41. The van der Waals surface area contributed by atoms with Crippen LogP contribution >= 0.6 is 28.1 Å². The van der Waals surface area contributed by atoms with E-state index in [4.69, 9.17) is 18.0 Å². The van der Waals surface area contributed by atoms with Crippen LogP contribution in [0.3, 0.4) is 0 Å². The molecule has 0 heterocycles. The predicted octanol–water partition coefficient (Wildman–Crippen LogP) is 4.03. The van der Waals surface area contributed by atoms with Crippen molar-refractivity contribution in [2.24, 2.45) is 5.73 Å². The first kappa shape index (κ1) is 15.0. The van der Waals surface area contributed by atoms with Crippen LogP contribution in [0, 0.1) is 6.92 Å². The first-order chi connectivity index (χ1) is 9.47. The molecule has 0 aliphatic rings. The Morgan fingerprint density at radius 1 is 1.20 bits per heavy atom. The van der Waals surface area contributed by atoms with Crippen molar-refractivity contribution in [3.63, 3.8) is 0 Å². The highest BCUT2D eigenvalue weighted by molar-refractivity contribution is 9.10. The molecule has 2 aromatic rings. The number of hydrogen-bond donors (Lipinski definition) is 1. The fraction of sp³-hybridized carbons (Fsp3) is 0.188.